The van der Waals surface area contributed by atoms with Gasteiger partial charge >= 0.3 is 10.1 Å². The average molecular weight is 248 g/mol. The van der Waals surface area contributed by atoms with Crippen LogP contribution in [0.5, 0.6) is 5.75 Å². The molecule has 0 N–H and O–H groups in total. The van der Waals surface area contributed by atoms with Crippen LogP contribution in [0.25, 0.3) is 0 Å². The Bertz CT molecular complexity index is 604. The highest BCUT2D eigenvalue weighted by atomic mass is 32.2. The Hall–Kier alpha value is -1.81. The van der Waals surface area contributed by atoms with Crippen LogP contribution in [-0.2, 0) is 10.1 Å². The van der Waals surface area contributed by atoms with E-state index in [-0.39, 0.29) is 4.90 Å². The third-order valence-electron chi connectivity index (χ3n) is 2.23. The summed E-state index contributed by atoms with van der Waals surface area (Å²) in [6.07, 6.45) is 0. The van der Waals surface area contributed by atoms with Crippen LogP contribution >= 0.6 is 0 Å². The lowest BCUT2D eigenvalue weighted by Crippen LogP contribution is -2.09. The van der Waals surface area contributed by atoms with Gasteiger partial charge in [-0.25, -0.2) is 0 Å². The van der Waals surface area contributed by atoms with Crippen LogP contribution in [0.1, 0.15) is 5.56 Å². The maximum Gasteiger partial charge on any atom is 0.339 e. The van der Waals surface area contributed by atoms with Crippen LogP contribution in [-0.4, -0.2) is 8.42 Å². The second kappa shape index (κ2) is 4.59. The first-order chi connectivity index (χ1) is 8.08. The predicted molar refractivity (Wildman–Crippen MR) is 65.4 cm³/mol. The fraction of sp³-hybridized carbons (Fsp3) is 0.0769. The lowest BCUT2D eigenvalue weighted by Gasteiger charge is -2.07. The largest absolute Gasteiger partial charge is 0.379 e. The van der Waals surface area contributed by atoms with E-state index in [1.165, 1.54) is 6.07 Å². The number of para-hydroxylation sites is 1. The quantitative estimate of drug-likeness (QED) is 0.784. The Balaban J connectivity index is 2.32. The van der Waals surface area contributed by atoms with Gasteiger partial charge in [-0.2, -0.15) is 8.42 Å². The molecule has 4 heteroatoms. The maximum atomic E-state index is 11.9. The minimum absolute atomic E-state index is 0.168. The van der Waals surface area contributed by atoms with Gasteiger partial charge < -0.3 is 4.18 Å². The van der Waals surface area contributed by atoms with Crippen LogP contribution in [0.2, 0.25) is 0 Å². The van der Waals surface area contributed by atoms with Crippen molar-refractivity contribution in [3.8, 4) is 5.75 Å². The molecule has 0 unspecified atom stereocenters. The van der Waals surface area contributed by atoms with E-state index >= 15 is 0 Å². The van der Waals surface area contributed by atoms with Crippen LogP contribution < -0.4 is 4.18 Å². The lowest BCUT2D eigenvalue weighted by molar-refractivity contribution is 0.486. The summed E-state index contributed by atoms with van der Waals surface area (Å²) in [6.45, 7) is 1.83. The number of rotatable bonds is 3. The molecule has 88 valence electrons. The minimum Gasteiger partial charge on any atom is -0.379 e. The van der Waals surface area contributed by atoms with E-state index in [9.17, 15) is 8.42 Å². The fourth-order valence-corrected chi connectivity index (χ4v) is 2.46. The highest BCUT2D eigenvalue weighted by Gasteiger charge is 2.16. The Kier molecular flexibility index (Phi) is 3.15. The zero-order chi connectivity index (χ0) is 12.3. The van der Waals surface area contributed by atoms with Crippen LogP contribution in [0.15, 0.2) is 59.5 Å². The highest BCUT2D eigenvalue weighted by Crippen LogP contribution is 2.18. The van der Waals surface area contributed by atoms with Crippen molar-refractivity contribution in [2.45, 2.75) is 11.8 Å². The molecule has 2 aromatic rings. The van der Waals surface area contributed by atoms with Crippen molar-refractivity contribution in [3.63, 3.8) is 0 Å². The molecule has 0 aromatic heterocycles. The molecule has 0 aliphatic heterocycles. The number of benzene rings is 2. The minimum atomic E-state index is -3.74. The molecule has 17 heavy (non-hydrogen) atoms. The van der Waals surface area contributed by atoms with Crippen molar-refractivity contribution in [1.29, 1.82) is 0 Å². The van der Waals surface area contributed by atoms with Gasteiger partial charge in [0.15, 0.2) is 0 Å². The molecular weight excluding hydrogens is 236 g/mol. The molecule has 0 aliphatic rings. The molecule has 0 fully saturated rings. The molecule has 3 nitrogen and oxygen atoms in total. The second-order valence-electron chi connectivity index (χ2n) is 3.67. The Morgan fingerprint density at radius 2 is 1.65 bits per heavy atom. The van der Waals surface area contributed by atoms with Crippen molar-refractivity contribution < 1.29 is 12.6 Å². The van der Waals surface area contributed by atoms with Gasteiger partial charge in [0.05, 0.1) is 0 Å². The molecule has 0 saturated carbocycles. The summed E-state index contributed by atoms with van der Waals surface area (Å²) in [6, 6.07) is 15.1. The van der Waals surface area contributed by atoms with E-state index in [0.29, 0.717) is 5.75 Å². The molecule has 0 atom stereocenters. The van der Waals surface area contributed by atoms with E-state index in [1.807, 2.05) is 13.0 Å². The molecule has 0 bridgehead atoms. The Labute approximate surface area is 101 Å². The maximum absolute atomic E-state index is 11.9. The molecule has 0 amide bonds. The smallest absolute Gasteiger partial charge is 0.339 e. The van der Waals surface area contributed by atoms with Crippen molar-refractivity contribution in [1.82, 2.24) is 0 Å². The van der Waals surface area contributed by atoms with Gasteiger partial charge in [0.25, 0.3) is 0 Å². The third-order valence-corrected chi connectivity index (χ3v) is 3.47. The molecule has 2 rings (SSSR count). The summed E-state index contributed by atoms with van der Waals surface area (Å²) in [4.78, 5) is 0.168. The molecular formula is C13H12O3S. The Morgan fingerprint density at radius 3 is 2.29 bits per heavy atom. The highest BCUT2D eigenvalue weighted by molar-refractivity contribution is 7.87. The van der Waals surface area contributed by atoms with E-state index < -0.39 is 10.1 Å². The van der Waals surface area contributed by atoms with Gasteiger partial charge in [0.2, 0.25) is 0 Å². The van der Waals surface area contributed by atoms with E-state index in [1.54, 1.807) is 42.5 Å². The normalized spacial score (nSPS) is 11.1. The van der Waals surface area contributed by atoms with Gasteiger partial charge in [-0.15, -0.1) is 0 Å². The Morgan fingerprint density at radius 1 is 0.941 bits per heavy atom. The lowest BCUT2D eigenvalue weighted by atomic mass is 10.2. The number of hydrogen-bond acceptors (Lipinski definition) is 3. The monoisotopic (exact) mass is 248 g/mol. The van der Waals surface area contributed by atoms with Crippen molar-refractivity contribution in [2.75, 3.05) is 0 Å². The first-order valence-electron chi connectivity index (χ1n) is 5.14. The van der Waals surface area contributed by atoms with Crippen molar-refractivity contribution >= 4 is 10.1 Å². The summed E-state index contributed by atoms with van der Waals surface area (Å²) < 4.78 is 28.9. The van der Waals surface area contributed by atoms with E-state index in [0.717, 1.165) is 5.56 Å². The van der Waals surface area contributed by atoms with Crippen LogP contribution in [0.3, 0.4) is 0 Å². The summed E-state index contributed by atoms with van der Waals surface area (Å²) >= 11 is 0. The van der Waals surface area contributed by atoms with Gasteiger partial charge in [-0.05, 0) is 36.8 Å². The number of aryl methyl sites for hydroxylation is 1. The van der Waals surface area contributed by atoms with Gasteiger partial charge in [-0.3, -0.25) is 0 Å². The molecule has 2 aromatic carbocycles. The molecule has 0 aliphatic carbocycles. The van der Waals surface area contributed by atoms with Crippen LogP contribution in [0.4, 0.5) is 0 Å². The second-order valence-corrected chi connectivity index (χ2v) is 5.21. The van der Waals surface area contributed by atoms with Gasteiger partial charge in [-0.1, -0.05) is 30.3 Å². The summed E-state index contributed by atoms with van der Waals surface area (Å²) in [5.74, 6) is 0.314. The molecule has 0 radical (unpaired) electrons. The summed E-state index contributed by atoms with van der Waals surface area (Å²) in [7, 11) is -3.74. The number of hydrogen-bond donors (Lipinski definition) is 0. The third kappa shape index (κ3) is 2.85. The standard InChI is InChI=1S/C13H12O3S/c1-11-6-5-9-13(10-11)17(14,15)16-12-7-3-2-4-8-12/h2-10H,1H3. The first kappa shape index (κ1) is 11.7. The summed E-state index contributed by atoms with van der Waals surface area (Å²) in [5.41, 5.74) is 0.878. The fourth-order valence-electron chi connectivity index (χ4n) is 1.42. The predicted octanol–water partition coefficient (Wildman–Crippen LogP) is 2.76. The zero-order valence-electron chi connectivity index (χ0n) is 9.33. The van der Waals surface area contributed by atoms with Crippen molar-refractivity contribution in [2.24, 2.45) is 0 Å². The van der Waals surface area contributed by atoms with E-state index in [4.69, 9.17) is 4.18 Å². The van der Waals surface area contributed by atoms with Crippen molar-refractivity contribution in [3.05, 3.63) is 60.2 Å². The van der Waals surface area contributed by atoms with Gasteiger partial charge in [0.1, 0.15) is 10.6 Å². The average Bonchev–Trinajstić information content (AvgIpc) is 2.30. The molecule has 0 saturated heterocycles. The zero-order valence-corrected chi connectivity index (χ0v) is 10.1. The SMILES string of the molecule is Cc1cccc(S(=O)(=O)Oc2ccccc2)c1. The summed E-state index contributed by atoms with van der Waals surface area (Å²) in [5, 5.41) is 0. The van der Waals surface area contributed by atoms with Gasteiger partial charge in [0, 0.05) is 0 Å². The topological polar surface area (TPSA) is 43.4 Å². The van der Waals surface area contributed by atoms with Crippen LogP contribution in [0, 0.1) is 6.92 Å². The van der Waals surface area contributed by atoms with E-state index in [2.05, 4.69) is 0 Å². The molecule has 0 heterocycles. The molecule has 0 spiro atoms. The first-order valence-corrected chi connectivity index (χ1v) is 6.55.